The van der Waals surface area contributed by atoms with Crippen molar-refractivity contribution in [3.05, 3.63) is 35.4 Å². The highest BCUT2D eigenvalue weighted by Gasteiger charge is 2.09. The number of hydrogen-bond acceptors (Lipinski definition) is 3. The molecule has 0 saturated heterocycles. The van der Waals surface area contributed by atoms with Gasteiger partial charge in [0, 0.05) is 12.2 Å². The predicted molar refractivity (Wildman–Crippen MR) is 55.2 cm³/mol. The van der Waals surface area contributed by atoms with E-state index < -0.39 is 6.04 Å². The number of carbonyl (C=O) groups is 1. The number of ketones is 1. The second-order valence-electron chi connectivity index (χ2n) is 3.32. The first-order valence-corrected chi connectivity index (χ1v) is 4.64. The molecule has 0 amide bonds. The molecule has 0 radical (unpaired) electrons. The lowest BCUT2D eigenvalue weighted by Gasteiger charge is -2.05. The van der Waals surface area contributed by atoms with Crippen LogP contribution in [-0.4, -0.2) is 23.5 Å². The van der Waals surface area contributed by atoms with Crippen molar-refractivity contribution in [3.63, 3.8) is 0 Å². The first kappa shape index (κ1) is 10.9. The SMILES string of the molecule is CC(N)C(=O)c1ccc(CCO)cc1. The van der Waals surface area contributed by atoms with Gasteiger partial charge < -0.3 is 10.8 Å². The highest BCUT2D eigenvalue weighted by molar-refractivity contribution is 5.99. The standard InChI is InChI=1S/C11H15NO2/c1-8(12)11(14)10-4-2-9(3-5-10)6-7-13/h2-5,8,13H,6-7,12H2,1H3. The van der Waals surface area contributed by atoms with Crippen LogP contribution in [0.2, 0.25) is 0 Å². The minimum absolute atomic E-state index is 0.0550. The van der Waals surface area contributed by atoms with Gasteiger partial charge in [0.2, 0.25) is 0 Å². The van der Waals surface area contributed by atoms with Crippen molar-refractivity contribution in [2.45, 2.75) is 19.4 Å². The Labute approximate surface area is 83.6 Å². The molecule has 0 aliphatic rings. The fraction of sp³-hybridized carbons (Fsp3) is 0.364. The maximum absolute atomic E-state index is 11.4. The minimum Gasteiger partial charge on any atom is -0.396 e. The van der Waals surface area contributed by atoms with Crippen molar-refractivity contribution in [3.8, 4) is 0 Å². The molecule has 0 bridgehead atoms. The van der Waals surface area contributed by atoms with Crippen LogP contribution in [0.1, 0.15) is 22.8 Å². The van der Waals surface area contributed by atoms with E-state index in [0.717, 1.165) is 5.56 Å². The summed E-state index contributed by atoms with van der Waals surface area (Å²) in [5, 5.41) is 8.70. The average molecular weight is 193 g/mol. The van der Waals surface area contributed by atoms with Crippen molar-refractivity contribution >= 4 is 5.78 Å². The van der Waals surface area contributed by atoms with Crippen LogP contribution in [0.3, 0.4) is 0 Å². The van der Waals surface area contributed by atoms with Gasteiger partial charge >= 0.3 is 0 Å². The van der Waals surface area contributed by atoms with Gasteiger partial charge in [0.1, 0.15) is 0 Å². The molecule has 1 aromatic rings. The third-order valence-corrected chi connectivity index (χ3v) is 2.05. The van der Waals surface area contributed by atoms with E-state index in [1.807, 2.05) is 12.1 Å². The molecule has 1 unspecified atom stereocenters. The molecule has 3 heteroatoms. The van der Waals surface area contributed by atoms with Crippen molar-refractivity contribution in [2.24, 2.45) is 5.73 Å². The lowest BCUT2D eigenvalue weighted by atomic mass is 10.0. The Morgan fingerprint density at radius 1 is 1.43 bits per heavy atom. The van der Waals surface area contributed by atoms with E-state index in [-0.39, 0.29) is 12.4 Å². The quantitative estimate of drug-likeness (QED) is 0.694. The number of aliphatic hydroxyl groups is 1. The Morgan fingerprint density at radius 3 is 2.43 bits per heavy atom. The molecule has 76 valence electrons. The van der Waals surface area contributed by atoms with Gasteiger partial charge in [-0.3, -0.25) is 4.79 Å². The summed E-state index contributed by atoms with van der Waals surface area (Å²) < 4.78 is 0. The molecule has 3 nitrogen and oxygen atoms in total. The van der Waals surface area contributed by atoms with Crippen LogP contribution < -0.4 is 5.73 Å². The number of Topliss-reactive ketones (excluding diaryl/α,β-unsaturated/α-hetero) is 1. The van der Waals surface area contributed by atoms with Gasteiger partial charge in [-0.2, -0.15) is 0 Å². The molecule has 0 spiro atoms. The van der Waals surface area contributed by atoms with E-state index in [1.54, 1.807) is 19.1 Å². The van der Waals surface area contributed by atoms with Gasteiger partial charge in [-0.05, 0) is 18.9 Å². The van der Waals surface area contributed by atoms with E-state index in [2.05, 4.69) is 0 Å². The summed E-state index contributed by atoms with van der Waals surface area (Å²) in [6.45, 7) is 1.80. The maximum Gasteiger partial charge on any atom is 0.179 e. The summed E-state index contributed by atoms with van der Waals surface area (Å²) in [5.41, 5.74) is 7.12. The van der Waals surface area contributed by atoms with E-state index in [0.29, 0.717) is 12.0 Å². The first-order chi connectivity index (χ1) is 6.65. The van der Waals surface area contributed by atoms with Gasteiger partial charge in [0.05, 0.1) is 6.04 Å². The monoisotopic (exact) mass is 193 g/mol. The third-order valence-electron chi connectivity index (χ3n) is 2.05. The smallest absolute Gasteiger partial charge is 0.179 e. The van der Waals surface area contributed by atoms with Gasteiger partial charge in [0.25, 0.3) is 0 Å². The second kappa shape index (κ2) is 4.88. The zero-order valence-corrected chi connectivity index (χ0v) is 8.23. The number of nitrogens with two attached hydrogens (primary N) is 1. The van der Waals surface area contributed by atoms with Crippen molar-refractivity contribution in [2.75, 3.05) is 6.61 Å². The summed E-state index contributed by atoms with van der Waals surface area (Å²) in [4.78, 5) is 11.4. The van der Waals surface area contributed by atoms with E-state index in [4.69, 9.17) is 10.8 Å². The Hall–Kier alpha value is -1.19. The van der Waals surface area contributed by atoms with Gasteiger partial charge in [0.15, 0.2) is 5.78 Å². The van der Waals surface area contributed by atoms with E-state index >= 15 is 0 Å². The zero-order valence-electron chi connectivity index (χ0n) is 8.23. The minimum atomic E-state index is -0.460. The Morgan fingerprint density at radius 2 is 2.00 bits per heavy atom. The van der Waals surface area contributed by atoms with Crippen LogP contribution in [0.25, 0.3) is 0 Å². The maximum atomic E-state index is 11.4. The molecular formula is C11H15NO2. The van der Waals surface area contributed by atoms with Crippen molar-refractivity contribution < 1.29 is 9.90 Å². The molecule has 14 heavy (non-hydrogen) atoms. The van der Waals surface area contributed by atoms with Gasteiger partial charge in [-0.1, -0.05) is 24.3 Å². The van der Waals surface area contributed by atoms with Crippen LogP contribution >= 0.6 is 0 Å². The molecule has 1 rings (SSSR count). The van der Waals surface area contributed by atoms with Crippen LogP contribution in [0.4, 0.5) is 0 Å². The summed E-state index contributed by atoms with van der Waals surface area (Å²) in [5.74, 6) is -0.0550. The average Bonchev–Trinajstić information content (AvgIpc) is 2.18. The summed E-state index contributed by atoms with van der Waals surface area (Å²) >= 11 is 0. The Kier molecular flexibility index (Phi) is 3.80. The van der Waals surface area contributed by atoms with Crippen LogP contribution in [0.15, 0.2) is 24.3 Å². The number of rotatable bonds is 4. The Balaban J connectivity index is 2.78. The van der Waals surface area contributed by atoms with E-state index in [9.17, 15) is 4.79 Å². The summed E-state index contributed by atoms with van der Waals surface area (Å²) in [7, 11) is 0. The first-order valence-electron chi connectivity index (χ1n) is 4.64. The van der Waals surface area contributed by atoms with Crippen molar-refractivity contribution in [1.82, 2.24) is 0 Å². The zero-order chi connectivity index (χ0) is 10.6. The molecule has 0 fully saturated rings. The fourth-order valence-electron chi connectivity index (χ4n) is 1.23. The topological polar surface area (TPSA) is 63.3 Å². The van der Waals surface area contributed by atoms with Crippen LogP contribution in [-0.2, 0) is 6.42 Å². The third kappa shape index (κ3) is 2.65. The van der Waals surface area contributed by atoms with Crippen molar-refractivity contribution in [1.29, 1.82) is 0 Å². The van der Waals surface area contributed by atoms with Gasteiger partial charge in [-0.25, -0.2) is 0 Å². The largest absolute Gasteiger partial charge is 0.396 e. The number of aliphatic hydroxyl groups excluding tert-OH is 1. The summed E-state index contributed by atoms with van der Waals surface area (Å²) in [6.07, 6.45) is 0.618. The molecule has 1 aromatic carbocycles. The molecule has 1 atom stereocenters. The fourth-order valence-corrected chi connectivity index (χ4v) is 1.23. The number of carbonyl (C=O) groups excluding carboxylic acids is 1. The predicted octanol–water partition coefficient (Wildman–Crippen LogP) is 0.751. The molecule has 0 aliphatic heterocycles. The normalized spacial score (nSPS) is 12.5. The molecule has 0 aromatic heterocycles. The molecule has 3 N–H and O–H groups in total. The number of hydrogen-bond donors (Lipinski definition) is 2. The molecule has 0 aliphatic carbocycles. The highest BCUT2D eigenvalue weighted by atomic mass is 16.2. The highest BCUT2D eigenvalue weighted by Crippen LogP contribution is 2.06. The molecule has 0 saturated carbocycles. The summed E-state index contributed by atoms with van der Waals surface area (Å²) in [6, 6.07) is 6.71. The Bertz CT molecular complexity index is 304. The molecule has 0 heterocycles. The lowest BCUT2D eigenvalue weighted by molar-refractivity contribution is 0.0968. The number of benzene rings is 1. The second-order valence-corrected chi connectivity index (χ2v) is 3.32. The molecular weight excluding hydrogens is 178 g/mol. The lowest BCUT2D eigenvalue weighted by Crippen LogP contribution is -2.26. The van der Waals surface area contributed by atoms with E-state index in [1.165, 1.54) is 0 Å². The van der Waals surface area contributed by atoms with Gasteiger partial charge in [-0.15, -0.1) is 0 Å². The van der Waals surface area contributed by atoms with Crippen LogP contribution in [0, 0.1) is 0 Å². The van der Waals surface area contributed by atoms with Crippen LogP contribution in [0.5, 0.6) is 0 Å².